The molecule has 184 valence electrons. The van der Waals surface area contributed by atoms with Crippen molar-refractivity contribution in [1.82, 2.24) is 4.98 Å². The minimum absolute atomic E-state index is 0.197. The monoisotopic (exact) mass is 519 g/mol. The Morgan fingerprint density at radius 1 is 1.08 bits per heavy atom. The standard InChI is InChI=1S/C27H25N3O4S2/c1-18-14-23(36(32,33)30-13-12-20-6-3-4-9-25(20)30)10-11-26(18)34-16-27(31)29-22-8-5-7-21(15-22)24-17-35-19(2)28-24/h3-11,14-15,17H,12-13,16H2,1-2H3,(H,29,31). The van der Waals surface area contributed by atoms with Gasteiger partial charge < -0.3 is 10.1 Å². The van der Waals surface area contributed by atoms with Crippen LogP contribution in [0.4, 0.5) is 11.4 Å². The van der Waals surface area contributed by atoms with E-state index in [9.17, 15) is 13.2 Å². The molecule has 0 atom stereocenters. The lowest BCUT2D eigenvalue weighted by molar-refractivity contribution is -0.118. The summed E-state index contributed by atoms with van der Waals surface area (Å²) in [6.07, 6.45) is 0.691. The number of aromatic nitrogens is 1. The largest absolute Gasteiger partial charge is 0.483 e. The van der Waals surface area contributed by atoms with Gasteiger partial charge in [0.15, 0.2) is 6.61 Å². The van der Waals surface area contributed by atoms with Crippen molar-refractivity contribution in [2.75, 3.05) is 22.8 Å². The Bertz CT molecular complexity index is 1550. The number of carbonyl (C=O) groups is 1. The van der Waals surface area contributed by atoms with E-state index in [2.05, 4.69) is 10.3 Å². The highest BCUT2D eigenvalue weighted by Gasteiger charge is 2.30. The molecule has 0 fully saturated rings. The molecule has 0 aliphatic carbocycles. The van der Waals surface area contributed by atoms with Gasteiger partial charge in [-0.3, -0.25) is 9.10 Å². The first-order valence-electron chi connectivity index (χ1n) is 11.5. The van der Waals surface area contributed by atoms with E-state index in [1.807, 2.05) is 60.8 Å². The highest BCUT2D eigenvalue weighted by atomic mass is 32.2. The van der Waals surface area contributed by atoms with Crippen molar-refractivity contribution >= 4 is 38.6 Å². The van der Waals surface area contributed by atoms with E-state index in [0.29, 0.717) is 30.0 Å². The van der Waals surface area contributed by atoms with Crippen LogP contribution in [-0.2, 0) is 21.2 Å². The van der Waals surface area contributed by atoms with Gasteiger partial charge in [0, 0.05) is 23.2 Å². The zero-order chi connectivity index (χ0) is 25.3. The lowest BCUT2D eigenvalue weighted by atomic mass is 10.1. The fourth-order valence-corrected chi connectivity index (χ4v) is 6.43. The van der Waals surface area contributed by atoms with E-state index in [-0.39, 0.29) is 17.4 Å². The van der Waals surface area contributed by atoms with Gasteiger partial charge in [0.25, 0.3) is 15.9 Å². The molecule has 3 aromatic carbocycles. The van der Waals surface area contributed by atoms with Crippen molar-refractivity contribution in [3.05, 3.63) is 88.2 Å². The van der Waals surface area contributed by atoms with Crippen LogP contribution in [-0.4, -0.2) is 32.5 Å². The molecular formula is C27H25N3O4S2. The molecule has 1 N–H and O–H groups in total. The van der Waals surface area contributed by atoms with Crippen LogP contribution in [0.3, 0.4) is 0 Å². The summed E-state index contributed by atoms with van der Waals surface area (Å²) in [6.45, 7) is 3.94. The summed E-state index contributed by atoms with van der Waals surface area (Å²) in [5.74, 6) is 0.143. The second kappa shape index (κ2) is 9.75. The Kier molecular flexibility index (Phi) is 6.51. The maximum atomic E-state index is 13.3. The quantitative estimate of drug-likeness (QED) is 0.363. The molecule has 1 aliphatic rings. The molecule has 1 aliphatic heterocycles. The molecule has 0 saturated carbocycles. The van der Waals surface area contributed by atoms with E-state index in [1.165, 1.54) is 10.4 Å². The van der Waals surface area contributed by atoms with E-state index < -0.39 is 10.0 Å². The van der Waals surface area contributed by atoms with Crippen molar-refractivity contribution < 1.29 is 17.9 Å². The summed E-state index contributed by atoms with van der Waals surface area (Å²) >= 11 is 1.57. The number of thiazole rings is 1. The summed E-state index contributed by atoms with van der Waals surface area (Å²) < 4.78 is 33.7. The number of benzene rings is 3. The second-order valence-electron chi connectivity index (χ2n) is 8.55. The van der Waals surface area contributed by atoms with Crippen LogP contribution < -0.4 is 14.4 Å². The van der Waals surface area contributed by atoms with Crippen LogP contribution in [0.15, 0.2) is 77.0 Å². The first kappa shape index (κ1) is 24.0. The van der Waals surface area contributed by atoms with Crippen LogP contribution in [0.5, 0.6) is 5.75 Å². The molecule has 0 radical (unpaired) electrons. The number of carbonyl (C=O) groups excluding carboxylic acids is 1. The molecule has 1 amide bonds. The SMILES string of the molecule is Cc1nc(-c2cccc(NC(=O)COc3ccc(S(=O)(=O)N4CCc5ccccc54)cc3C)c2)cs1. The van der Waals surface area contributed by atoms with Gasteiger partial charge in [0.05, 0.1) is 21.3 Å². The number of para-hydroxylation sites is 1. The summed E-state index contributed by atoms with van der Waals surface area (Å²) in [4.78, 5) is 17.2. The molecule has 36 heavy (non-hydrogen) atoms. The third-order valence-electron chi connectivity index (χ3n) is 6.00. The fourth-order valence-electron chi connectivity index (χ4n) is 4.22. The second-order valence-corrected chi connectivity index (χ2v) is 11.5. The number of hydrogen-bond donors (Lipinski definition) is 1. The third kappa shape index (κ3) is 4.84. The third-order valence-corrected chi connectivity index (χ3v) is 8.58. The Hall–Kier alpha value is -3.69. The normalized spacial score (nSPS) is 12.9. The minimum atomic E-state index is -3.69. The number of anilines is 2. The number of aryl methyl sites for hydroxylation is 2. The van der Waals surface area contributed by atoms with Crippen molar-refractivity contribution in [2.24, 2.45) is 0 Å². The van der Waals surface area contributed by atoms with Crippen molar-refractivity contribution in [1.29, 1.82) is 0 Å². The molecule has 5 rings (SSSR count). The molecule has 2 heterocycles. The van der Waals surface area contributed by atoms with Gasteiger partial charge in [-0.05, 0) is 67.8 Å². The molecule has 1 aromatic heterocycles. The number of hydrogen-bond acceptors (Lipinski definition) is 6. The Morgan fingerprint density at radius 2 is 1.92 bits per heavy atom. The summed E-state index contributed by atoms with van der Waals surface area (Å²) in [7, 11) is -3.69. The molecule has 4 aromatic rings. The van der Waals surface area contributed by atoms with Gasteiger partial charge in [0.1, 0.15) is 5.75 Å². The molecule has 0 unspecified atom stereocenters. The van der Waals surface area contributed by atoms with Crippen LogP contribution in [0.1, 0.15) is 16.1 Å². The summed E-state index contributed by atoms with van der Waals surface area (Å²) in [6, 6.07) is 19.7. The first-order valence-corrected chi connectivity index (χ1v) is 13.8. The molecule has 0 spiro atoms. The van der Waals surface area contributed by atoms with E-state index >= 15 is 0 Å². The molecule has 0 bridgehead atoms. The van der Waals surface area contributed by atoms with Crippen LogP contribution >= 0.6 is 11.3 Å². The maximum absolute atomic E-state index is 13.3. The van der Waals surface area contributed by atoms with E-state index in [0.717, 1.165) is 27.5 Å². The number of nitrogens with zero attached hydrogens (tertiary/aromatic N) is 2. The average molecular weight is 520 g/mol. The number of ether oxygens (including phenoxy) is 1. The first-order chi connectivity index (χ1) is 17.3. The lowest BCUT2D eigenvalue weighted by Crippen LogP contribution is -2.29. The fraction of sp³-hybridized carbons (Fsp3) is 0.185. The van der Waals surface area contributed by atoms with Gasteiger partial charge in [0.2, 0.25) is 0 Å². The Balaban J connectivity index is 1.24. The summed E-state index contributed by atoms with van der Waals surface area (Å²) in [5, 5.41) is 5.80. The summed E-state index contributed by atoms with van der Waals surface area (Å²) in [5.41, 5.74) is 4.82. The number of rotatable bonds is 7. The Labute approximate surface area is 214 Å². The van der Waals surface area contributed by atoms with Gasteiger partial charge in [-0.25, -0.2) is 13.4 Å². The molecule has 9 heteroatoms. The number of sulfonamides is 1. The Morgan fingerprint density at radius 3 is 2.69 bits per heavy atom. The number of fused-ring (bicyclic) bond motifs is 1. The van der Waals surface area contributed by atoms with E-state index in [4.69, 9.17) is 4.74 Å². The average Bonchev–Trinajstić information content (AvgIpc) is 3.50. The van der Waals surface area contributed by atoms with Gasteiger partial charge in [-0.15, -0.1) is 11.3 Å². The zero-order valence-corrected chi connectivity index (χ0v) is 21.5. The topological polar surface area (TPSA) is 88.6 Å². The predicted molar refractivity (Wildman–Crippen MR) is 142 cm³/mol. The van der Waals surface area contributed by atoms with Crippen molar-refractivity contribution in [3.8, 4) is 17.0 Å². The molecule has 0 saturated heterocycles. The maximum Gasteiger partial charge on any atom is 0.264 e. The van der Waals surface area contributed by atoms with Gasteiger partial charge >= 0.3 is 0 Å². The number of nitrogens with one attached hydrogen (secondary N) is 1. The highest BCUT2D eigenvalue weighted by molar-refractivity contribution is 7.92. The van der Waals surface area contributed by atoms with Crippen LogP contribution in [0, 0.1) is 13.8 Å². The van der Waals surface area contributed by atoms with E-state index in [1.54, 1.807) is 30.4 Å². The van der Waals surface area contributed by atoms with Crippen LogP contribution in [0.2, 0.25) is 0 Å². The number of amides is 1. The smallest absolute Gasteiger partial charge is 0.264 e. The van der Waals surface area contributed by atoms with Crippen molar-refractivity contribution in [3.63, 3.8) is 0 Å². The molecule has 7 nitrogen and oxygen atoms in total. The zero-order valence-electron chi connectivity index (χ0n) is 19.9. The van der Waals surface area contributed by atoms with Gasteiger partial charge in [-0.1, -0.05) is 30.3 Å². The highest BCUT2D eigenvalue weighted by Crippen LogP contribution is 2.34. The lowest BCUT2D eigenvalue weighted by Gasteiger charge is -2.20. The van der Waals surface area contributed by atoms with Crippen molar-refractivity contribution in [2.45, 2.75) is 25.2 Å². The minimum Gasteiger partial charge on any atom is -0.483 e. The predicted octanol–water partition coefficient (Wildman–Crippen LogP) is 5.20. The molecular weight excluding hydrogens is 494 g/mol. The van der Waals surface area contributed by atoms with Gasteiger partial charge in [-0.2, -0.15) is 0 Å². The van der Waals surface area contributed by atoms with Crippen LogP contribution in [0.25, 0.3) is 11.3 Å².